The third-order valence-corrected chi connectivity index (χ3v) is 4.46. The summed E-state index contributed by atoms with van der Waals surface area (Å²) in [7, 11) is 0. The monoisotopic (exact) mass is 226 g/mol. The lowest BCUT2D eigenvalue weighted by molar-refractivity contribution is 0.225. The maximum absolute atomic E-state index is 2.46. The van der Waals surface area contributed by atoms with Crippen LogP contribution in [0, 0.1) is 23.7 Å². The molecule has 16 heavy (non-hydrogen) atoms. The average molecular weight is 226 g/mol. The quantitative estimate of drug-likeness (QED) is 0.458. The van der Waals surface area contributed by atoms with Crippen LogP contribution in [0.3, 0.4) is 0 Å². The summed E-state index contributed by atoms with van der Waals surface area (Å²) in [5.74, 6) is 3.69. The van der Waals surface area contributed by atoms with Gasteiger partial charge in [0, 0.05) is 0 Å². The predicted molar refractivity (Wildman–Crippen MR) is 75.7 cm³/mol. The standard InChI is InChI=1S/C16H34/c1-7-10-13(4)15(6)12-16(9-3)14(5)11-8-2/h13-16H,7-12H2,1-6H3. The Morgan fingerprint density at radius 2 is 1.19 bits per heavy atom. The van der Waals surface area contributed by atoms with Crippen LogP contribution in [0.1, 0.15) is 80.1 Å². The maximum atomic E-state index is 2.46. The van der Waals surface area contributed by atoms with Gasteiger partial charge in [0.25, 0.3) is 0 Å². The lowest BCUT2D eigenvalue weighted by Crippen LogP contribution is -2.18. The number of hydrogen-bond donors (Lipinski definition) is 0. The van der Waals surface area contributed by atoms with Gasteiger partial charge >= 0.3 is 0 Å². The van der Waals surface area contributed by atoms with Gasteiger partial charge in [-0.15, -0.1) is 0 Å². The van der Waals surface area contributed by atoms with E-state index in [9.17, 15) is 0 Å². The molecule has 0 aliphatic rings. The van der Waals surface area contributed by atoms with E-state index in [0.717, 1.165) is 23.7 Å². The minimum atomic E-state index is 0.907. The zero-order chi connectivity index (χ0) is 12.6. The van der Waals surface area contributed by atoms with E-state index < -0.39 is 0 Å². The Bertz CT molecular complexity index is 150. The second-order valence-corrected chi connectivity index (χ2v) is 5.91. The van der Waals surface area contributed by atoms with Crippen LogP contribution in [0.5, 0.6) is 0 Å². The predicted octanol–water partition coefficient (Wildman–Crippen LogP) is 5.91. The molecule has 0 bridgehead atoms. The fraction of sp³-hybridized carbons (Fsp3) is 1.00. The third-order valence-electron chi connectivity index (χ3n) is 4.46. The van der Waals surface area contributed by atoms with E-state index in [4.69, 9.17) is 0 Å². The first-order valence-corrected chi connectivity index (χ1v) is 7.56. The summed E-state index contributed by atoms with van der Waals surface area (Å²) in [6.45, 7) is 14.3. The van der Waals surface area contributed by atoms with Gasteiger partial charge in [-0.1, -0.05) is 73.6 Å². The van der Waals surface area contributed by atoms with Gasteiger partial charge in [0.2, 0.25) is 0 Å². The van der Waals surface area contributed by atoms with E-state index in [2.05, 4.69) is 41.5 Å². The van der Waals surface area contributed by atoms with Gasteiger partial charge < -0.3 is 0 Å². The zero-order valence-corrected chi connectivity index (χ0v) is 12.6. The van der Waals surface area contributed by atoms with Gasteiger partial charge in [-0.3, -0.25) is 0 Å². The van der Waals surface area contributed by atoms with E-state index in [1.54, 1.807) is 0 Å². The van der Waals surface area contributed by atoms with Crippen LogP contribution in [0.15, 0.2) is 0 Å². The van der Waals surface area contributed by atoms with E-state index in [-0.39, 0.29) is 0 Å². The number of hydrogen-bond acceptors (Lipinski definition) is 0. The normalized spacial score (nSPS) is 19.1. The highest BCUT2D eigenvalue weighted by Gasteiger charge is 2.20. The number of rotatable bonds is 9. The molecule has 0 saturated carbocycles. The van der Waals surface area contributed by atoms with Crippen molar-refractivity contribution in [3.8, 4) is 0 Å². The van der Waals surface area contributed by atoms with Crippen molar-refractivity contribution in [1.82, 2.24) is 0 Å². The van der Waals surface area contributed by atoms with Crippen LogP contribution in [-0.2, 0) is 0 Å². The Morgan fingerprint density at radius 1 is 0.688 bits per heavy atom. The van der Waals surface area contributed by atoms with Crippen molar-refractivity contribution in [2.45, 2.75) is 80.1 Å². The molecule has 0 fully saturated rings. The van der Waals surface area contributed by atoms with Crippen LogP contribution in [0.2, 0.25) is 0 Å². The van der Waals surface area contributed by atoms with Gasteiger partial charge in [0.15, 0.2) is 0 Å². The maximum Gasteiger partial charge on any atom is -0.0388 e. The highest BCUT2D eigenvalue weighted by molar-refractivity contribution is 4.71. The fourth-order valence-corrected chi connectivity index (χ4v) is 2.94. The van der Waals surface area contributed by atoms with Gasteiger partial charge in [-0.05, 0) is 30.1 Å². The molecule has 0 aliphatic heterocycles. The van der Waals surface area contributed by atoms with E-state index >= 15 is 0 Å². The molecule has 0 heteroatoms. The first-order chi connectivity index (χ1) is 7.56. The highest BCUT2D eigenvalue weighted by Crippen LogP contribution is 2.31. The summed E-state index contributed by atoms with van der Waals surface area (Å²) in [5, 5.41) is 0. The van der Waals surface area contributed by atoms with E-state index in [0.29, 0.717) is 0 Å². The topological polar surface area (TPSA) is 0 Å². The molecular weight excluding hydrogens is 192 g/mol. The molecule has 0 aromatic heterocycles. The second kappa shape index (κ2) is 9.07. The minimum absolute atomic E-state index is 0.907. The molecule has 0 nitrogen and oxygen atoms in total. The Hall–Kier alpha value is 0. The summed E-state index contributed by atoms with van der Waals surface area (Å²) >= 11 is 0. The molecule has 0 radical (unpaired) electrons. The summed E-state index contributed by atoms with van der Waals surface area (Å²) < 4.78 is 0. The third kappa shape index (κ3) is 5.92. The van der Waals surface area contributed by atoms with Crippen molar-refractivity contribution in [2.75, 3.05) is 0 Å². The van der Waals surface area contributed by atoms with E-state index in [1.807, 2.05) is 0 Å². The van der Waals surface area contributed by atoms with Gasteiger partial charge in [0.1, 0.15) is 0 Å². The van der Waals surface area contributed by atoms with E-state index in [1.165, 1.54) is 38.5 Å². The molecule has 0 aromatic carbocycles. The SMILES string of the molecule is CCCC(C)C(C)CC(CC)C(C)CCC. The fourth-order valence-electron chi connectivity index (χ4n) is 2.94. The second-order valence-electron chi connectivity index (χ2n) is 5.91. The molecule has 0 aromatic rings. The molecule has 0 aliphatic carbocycles. The van der Waals surface area contributed by atoms with Gasteiger partial charge in [-0.25, -0.2) is 0 Å². The first kappa shape index (κ1) is 16.0. The molecular formula is C16H34. The van der Waals surface area contributed by atoms with Crippen molar-refractivity contribution >= 4 is 0 Å². The van der Waals surface area contributed by atoms with Crippen LogP contribution in [0.4, 0.5) is 0 Å². The summed E-state index contributed by atoms with van der Waals surface area (Å²) in [4.78, 5) is 0. The van der Waals surface area contributed by atoms with Gasteiger partial charge in [0.05, 0.1) is 0 Å². The molecule has 0 amide bonds. The van der Waals surface area contributed by atoms with Crippen molar-refractivity contribution in [3.05, 3.63) is 0 Å². The molecule has 0 spiro atoms. The molecule has 4 unspecified atom stereocenters. The Labute approximate surface area is 104 Å². The lowest BCUT2D eigenvalue weighted by atomic mass is 9.77. The molecule has 0 rings (SSSR count). The van der Waals surface area contributed by atoms with Crippen molar-refractivity contribution in [1.29, 1.82) is 0 Å². The minimum Gasteiger partial charge on any atom is -0.0654 e. The largest absolute Gasteiger partial charge is 0.0654 e. The Balaban J connectivity index is 4.09. The molecule has 0 saturated heterocycles. The highest BCUT2D eigenvalue weighted by atomic mass is 14.3. The van der Waals surface area contributed by atoms with Crippen molar-refractivity contribution in [3.63, 3.8) is 0 Å². The molecule has 98 valence electrons. The molecule has 0 N–H and O–H groups in total. The van der Waals surface area contributed by atoms with Crippen LogP contribution in [0.25, 0.3) is 0 Å². The lowest BCUT2D eigenvalue weighted by Gasteiger charge is -2.28. The first-order valence-electron chi connectivity index (χ1n) is 7.56. The summed E-state index contributed by atoms with van der Waals surface area (Å²) in [6.07, 6.45) is 8.31. The smallest absolute Gasteiger partial charge is 0.0388 e. The van der Waals surface area contributed by atoms with Gasteiger partial charge in [-0.2, -0.15) is 0 Å². The zero-order valence-electron chi connectivity index (χ0n) is 12.6. The average Bonchev–Trinajstić information content (AvgIpc) is 2.26. The Kier molecular flexibility index (Phi) is 9.07. The molecule has 4 atom stereocenters. The van der Waals surface area contributed by atoms with Crippen molar-refractivity contribution < 1.29 is 0 Å². The molecule has 0 heterocycles. The summed E-state index contributed by atoms with van der Waals surface area (Å²) in [5.41, 5.74) is 0. The van der Waals surface area contributed by atoms with Crippen LogP contribution >= 0.6 is 0 Å². The summed E-state index contributed by atoms with van der Waals surface area (Å²) in [6, 6.07) is 0. The Morgan fingerprint density at radius 3 is 1.62 bits per heavy atom. The van der Waals surface area contributed by atoms with Crippen LogP contribution in [-0.4, -0.2) is 0 Å². The van der Waals surface area contributed by atoms with Crippen LogP contribution < -0.4 is 0 Å². The van der Waals surface area contributed by atoms with Crippen molar-refractivity contribution in [2.24, 2.45) is 23.7 Å².